The average Bonchev–Trinajstić information content (AvgIpc) is 2.60. The fraction of sp³-hybridized carbons (Fsp3) is 0.250. The molecule has 8 heteroatoms. The van der Waals surface area contributed by atoms with Crippen LogP contribution in [-0.4, -0.2) is 29.5 Å². The molecule has 0 radical (unpaired) electrons. The molecule has 0 unspecified atom stereocenters. The van der Waals surface area contributed by atoms with Crippen molar-refractivity contribution >= 4 is 11.6 Å². The second-order valence-corrected chi connectivity index (χ2v) is 4.75. The highest BCUT2D eigenvalue weighted by Gasteiger charge is 2.24. The lowest BCUT2D eigenvalue weighted by atomic mass is 10.1. The number of aromatic nitrogens is 1. The summed E-state index contributed by atoms with van der Waals surface area (Å²) < 4.78 is 10.5. The van der Waals surface area contributed by atoms with Gasteiger partial charge in [0.05, 0.1) is 24.7 Å². The molecule has 0 spiro atoms. The third kappa shape index (κ3) is 3.97. The van der Waals surface area contributed by atoms with E-state index in [0.717, 1.165) is 5.56 Å². The van der Waals surface area contributed by atoms with Gasteiger partial charge in [-0.25, -0.2) is 0 Å². The molecule has 0 fully saturated rings. The third-order valence-corrected chi connectivity index (χ3v) is 3.20. The number of amides is 1. The van der Waals surface area contributed by atoms with E-state index in [9.17, 15) is 14.9 Å². The Hall–Kier alpha value is -3.16. The van der Waals surface area contributed by atoms with Crippen molar-refractivity contribution in [2.75, 3.05) is 13.7 Å². The van der Waals surface area contributed by atoms with Crippen molar-refractivity contribution in [3.63, 3.8) is 0 Å². The number of rotatable bonds is 7. The molecule has 0 saturated heterocycles. The highest BCUT2D eigenvalue weighted by atomic mass is 16.6. The van der Waals surface area contributed by atoms with Crippen LogP contribution in [-0.2, 0) is 6.54 Å². The van der Waals surface area contributed by atoms with Crippen LogP contribution in [0.2, 0.25) is 0 Å². The number of hydrogen-bond acceptors (Lipinski definition) is 6. The van der Waals surface area contributed by atoms with Gasteiger partial charge < -0.3 is 14.8 Å². The van der Waals surface area contributed by atoms with Crippen molar-refractivity contribution in [3.05, 3.63) is 57.9 Å². The molecule has 1 amide bonds. The van der Waals surface area contributed by atoms with Gasteiger partial charge in [0.1, 0.15) is 5.56 Å². The molecule has 1 heterocycles. The number of nitrogens with one attached hydrogen (secondary N) is 1. The number of hydrogen-bond donors (Lipinski definition) is 1. The Labute approximate surface area is 138 Å². The standard InChI is InChI=1S/C16H17N3O5/c1-3-24-15-8-13(19(21)22)12(7-14(15)23-2)16(20)18-10-11-5-4-6-17-9-11/h4-9H,3,10H2,1-2H3,(H,18,20). The van der Waals surface area contributed by atoms with Crippen molar-refractivity contribution in [3.8, 4) is 11.5 Å². The van der Waals surface area contributed by atoms with Gasteiger partial charge in [-0.3, -0.25) is 19.9 Å². The lowest BCUT2D eigenvalue weighted by Gasteiger charge is -2.12. The van der Waals surface area contributed by atoms with Crippen LogP contribution in [0.1, 0.15) is 22.8 Å². The molecule has 0 saturated carbocycles. The predicted octanol–water partition coefficient (Wildman–Crippen LogP) is 2.33. The minimum Gasteiger partial charge on any atom is -0.493 e. The van der Waals surface area contributed by atoms with Gasteiger partial charge >= 0.3 is 0 Å². The summed E-state index contributed by atoms with van der Waals surface area (Å²) in [5.41, 5.74) is 0.346. The molecule has 2 rings (SSSR count). The Balaban J connectivity index is 2.29. The zero-order chi connectivity index (χ0) is 17.5. The normalized spacial score (nSPS) is 10.1. The maximum atomic E-state index is 12.3. The highest BCUT2D eigenvalue weighted by Crippen LogP contribution is 2.34. The molecule has 2 aromatic rings. The van der Waals surface area contributed by atoms with E-state index in [2.05, 4.69) is 10.3 Å². The van der Waals surface area contributed by atoms with Crippen molar-refractivity contribution in [2.24, 2.45) is 0 Å². The number of pyridine rings is 1. The summed E-state index contributed by atoms with van der Waals surface area (Å²) in [7, 11) is 1.40. The summed E-state index contributed by atoms with van der Waals surface area (Å²) in [6, 6.07) is 6.04. The fourth-order valence-corrected chi connectivity index (χ4v) is 2.09. The molecule has 0 atom stereocenters. The summed E-state index contributed by atoms with van der Waals surface area (Å²) in [5, 5.41) is 13.9. The van der Waals surface area contributed by atoms with Gasteiger partial charge in [0.15, 0.2) is 11.5 Å². The first kappa shape index (κ1) is 17.2. The van der Waals surface area contributed by atoms with Crippen molar-refractivity contribution in [2.45, 2.75) is 13.5 Å². The van der Waals surface area contributed by atoms with Gasteiger partial charge in [-0.15, -0.1) is 0 Å². The Morgan fingerprint density at radius 1 is 1.38 bits per heavy atom. The minimum atomic E-state index is -0.624. The van der Waals surface area contributed by atoms with Crippen LogP contribution in [0.4, 0.5) is 5.69 Å². The molecule has 126 valence electrons. The maximum absolute atomic E-state index is 12.3. The second kappa shape index (κ2) is 7.91. The molecular formula is C16H17N3O5. The van der Waals surface area contributed by atoms with Crippen molar-refractivity contribution in [1.82, 2.24) is 10.3 Å². The van der Waals surface area contributed by atoms with E-state index in [1.165, 1.54) is 19.2 Å². The second-order valence-electron chi connectivity index (χ2n) is 4.75. The number of benzene rings is 1. The SMILES string of the molecule is CCOc1cc([N+](=O)[O-])c(C(=O)NCc2cccnc2)cc1OC. The van der Waals surface area contributed by atoms with E-state index in [4.69, 9.17) is 9.47 Å². The number of carbonyl (C=O) groups excluding carboxylic acids is 1. The van der Waals surface area contributed by atoms with Gasteiger partial charge in [-0.1, -0.05) is 6.07 Å². The predicted molar refractivity (Wildman–Crippen MR) is 86.2 cm³/mol. The maximum Gasteiger partial charge on any atom is 0.286 e. The number of nitro benzene ring substituents is 1. The molecule has 1 aromatic carbocycles. The van der Waals surface area contributed by atoms with E-state index in [-0.39, 0.29) is 29.3 Å². The topological polar surface area (TPSA) is 104 Å². The highest BCUT2D eigenvalue weighted by molar-refractivity contribution is 5.99. The van der Waals surface area contributed by atoms with Crippen LogP contribution in [0.5, 0.6) is 11.5 Å². The van der Waals surface area contributed by atoms with E-state index < -0.39 is 10.8 Å². The summed E-state index contributed by atoms with van der Waals surface area (Å²) in [5.74, 6) is -0.101. The summed E-state index contributed by atoms with van der Waals surface area (Å²) >= 11 is 0. The van der Waals surface area contributed by atoms with Gasteiger partial charge in [-0.05, 0) is 18.6 Å². The number of methoxy groups -OCH3 is 1. The molecule has 0 aliphatic heterocycles. The Morgan fingerprint density at radius 2 is 2.17 bits per heavy atom. The minimum absolute atomic E-state index is 0.0933. The van der Waals surface area contributed by atoms with E-state index in [1.807, 2.05) is 0 Å². The smallest absolute Gasteiger partial charge is 0.286 e. The summed E-state index contributed by atoms with van der Waals surface area (Å²) in [6.45, 7) is 2.28. The molecule has 0 bridgehead atoms. The summed E-state index contributed by atoms with van der Waals surface area (Å²) in [6.07, 6.45) is 3.22. The van der Waals surface area contributed by atoms with Crippen molar-refractivity contribution < 1.29 is 19.2 Å². The number of nitrogens with zero attached hydrogens (tertiary/aromatic N) is 2. The monoisotopic (exact) mass is 331 g/mol. The van der Waals surface area contributed by atoms with Crippen LogP contribution < -0.4 is 14.8 Å². The number of carbonyl (C=O) groups is 1. The zero-order valence-corrected chi connectivity index (χ0v) is 13.3. The Morgan fingerprint density at radius 3 is 2.75 bits per heavy atom. The van der Waals surface area contributed by atoms with Gasteiger partial charge in [-0.2, -0.15) is 0 Å². The Kier molecular flexibility index (Phi) is 5.67. The first-order valence-electron chi connectivity index (χ1n) is 7.23. The molecule has 1 aromatic heterocycles. The average molecular weight is 331 g/mol. The molecule has 0 aliphatic rings. The van der Waals surface area contributed by atoms with Gasteiger partial charge in [0, 0.05) is 25.0 Å². The Bertz CT molecular complexity index is 734. The number of nitro groups is 1. The van der Waals surface area contributed by atoms with E-state index in [1.54, 1.807) is 31.5 Å². The largest absolute Gasteiger partial charge is 0.493 e. The molecule has 24 heavy (non-hydrogen) atoms. The lowest BCUT2D eigenvalue weighted by molar-refractivity contribution is -0.385. The quantitative estimate of drug-likeness (QED) is 0.617. The molecule has 1 N–H and O–H groups in total. The van der Waals surface area contributed by atoms with E-state index in [0.29, 0.717) is 6.61 Å². The van der Waals surface area contributed by atoms with Gasteiger partial charge in [0.25, 0.3) is 11.6 Å². The molecular weight excluding hydrogens is 314 g/mol. The third-order valence-electron chi connectivity index (χ3n) is 3.20. The number of ether oxygens (including phenoxy) is 2. The van der Waals surface area contributed by atoms with Crippen LogP contribution in [0.15, 0.2) is 36.7 Å². The van der Waals surface area contributed by atoms with Crippen LogP contribution >= 0.6 is 0 Å². The lowest BCUT2D eigenvalue weighted by Crippen LogP contribution is -2.24. The van der Waals surface area contributed by atoms with Crippen molar-refractivity contribution in [1.29, 1.82) is 0 Å². The van der Waals surface area contributed by atoms with Crippen LogP contribution in [0, 0.1) is 10.1 Å². The fourth-order valence-electron chi connectivity index (χ4n) is 2.09. The first-order chi connectivity index (χ1) is 11.6. The van der Waals surface area contributed by atoms with E-state index >= 15 is 0 Å². The van der Waals surface area contributed by atoms with Gasteiger partial charge in [0.2, 0.25) is 0 Å². The summed E-state index contributed by atoms with van der Waals surface area (Å²) in [4.78, 5) is 26.9. The van der Waals surface area contributed by atoms with Crippen LogP contribution in [0.25, 0.3) is 0 Å². The molecule has 8 nitrogen and oxygen atoms in total. The molecule has 0 aliphatic carbocycles. The first-order valence-corrected chi connectivity index (χ1v) is 7.23. The van der Waals surface area contributed by atoms with Crippen LogP contribution in [0.3, 0.4) is 0 Å². The zero-order valence-electron chi connectivity index (χ0n) is 13.3.